The molecule has 4 rings (SSSR count). The Hall–Kier alpha value is -4.15. The number of nitrogen functional groups attached to an aromatic ring is 1. The van der Waals surface area contributed by atoms with Crippen LogP contribution < -0.4 is 20.5 Å². The SMILES string of the molecule is CCCCCCNS(=O)(=O)c1ccc(OCCC)c(CN2N=C(C)/C(=C\Nc3ccccc3CC)C2=O)c1.CCc1ccccc1N. The van der Waals surface area contributed by atoms with Crippen molar-refractivity contribution in [2.45, 2.75) is 91.0 Å². The van der Waals surface area contributed by atoms with Crippen LogP contribution in [-0.2, 0) is 34.2 Å². The highest BCUT2D eigenvalue weighted by atomic mass is 32.2. The number of benzene rings is 3. The molecule has 0 fully saturated rings. The van der Waals surface area contributed by atoms with Crippen LogP contribution in [0.25, 0.3) is 0 Å². The van der Waals surface area contributed by atoms with Gasteiger partial charge >= 0.3 is 0 Å². The van der Waals surface area contributed by atoms with Crippen LogP contribution in [-0.4, -0.2) is 38.2 Å². The van der Waals surface area contributed by atoms with Gasteiger partial charge in [-0.1, -0.05) is 83.4 Å². The van der Waals surface area contributed by atoms with Gasteiger partial charge in [0.1, 0.15) is 5.75 Å². The fourth-order valence-electron chi connectivity index (χ4n) is 5.03. The highest BCUT2D eigenvalue weighted by Crippen LogP contribution is 2.27. The number of hydrogen-bond donors (Lipinski definition) is 3. The van der Waals surface area contributed by atoms with E-state index in [4.69, 9.17) is 10.5 Å². The van der Waals surface area contributed by atoms with Crippen molar-refractivity contribution in [3.8, 4) is 5.75 Å². The zero-order chi connectivity index (χ0) is 34.2. The molecule has 0 unspecified atom stereocenters. The first kappa shape index (κ1) is 37.3. The first-order valence-electron chi connectivity index (χ1n) is 16.7. The summed E-state index contributed by atoms with van der Waals surface area (Å²) < 4.78 is 34.5. The lowest BCUT2D eigenvalue weighted by molar-refractivity contribution is -0.126. The smallest absolute Gasteiger partial charge is 0.277 e. The number of sulfonamides is 1. The number of carbonyl (C=O) groups excluding carboxylic acids is 1. The first-order valence-corrected chi connectivity index (χ1v) is 18.1. The average Bonchev–Trinajstić information content (AvgIpc) is 3.34. The van der Waals surface area contributed by atoms with Crippen LogP contribution in [0.3, 0.4) is 0 Å². The molecule has 1 aliphatic rings. The van der Waals surface area contributed by atoms with Gasteiger partial charge in [0.05, 0.1) is 29.3 Å². The van der Waals surface area contributed by atoms with Gasteiger partial charge in [-0.25, -0.2) is 18.1 Å². The Bertz CT molecular complexity index is 1640. The lowest BCUT2D eigenvalue weighted by Crippen LogP contribution is -2.26. The van der Waals surface area contributed by atoms with E-state index in [0.29, 0.717) is 35.7 Å². The van der Waals surface area contributed by atoms with Crippen molar-refractivity contribution in [1.29, 1.82) is 0 Å². The Kier molecular flexibility index (Phi) is 15.0. The minimum absolute atomic E-state index is 0.0952. The molecule has 0 saturated heterocycles. The van der Waals surface area contributed by atoms with E-state index < -0.39 is 10.0 Å². The van der Waals surface area contributed by atoms with Crippen molar-refractivity contribution in [2.75, 3.05) is 24.2 Å². The number of hydrogen-bond acceptors (Lipinski definition) is 7. The summed E-state index contributed by atoms with van der Waals surface area (Å²) in [7, 11) is -3.69. The third-order valence-corrected chi connectivity index (χ3v) is 9.24. The fourth-order valence-corrected chi connectivity index (χ4v) is 6.15. The van der Waals surface area contributed by atoms with Gasteiger partial charge in [-0.05, 0) is 74.1 Å². The van der Waals surface area contributed by atoms with E-state index in [1.807, 2.05) is 49.4 Å². The largest absolute Gasteiger partial charge is 0.493 e. The lowest BCUT2D eigenvalue weighted by atomic mass is 10.1. The van der Waals surface area contributed by atoms with E-state index in [2.05, 4.69) is 42.0 Å². The molecule has 10 heteroatoms. The topological polar surface area (TPSA) is 126 Å². The zero-order valence-corrected chi connectivity index (χ0v) is 29.3. The number of anilines is 2. The second kappa shape index (κ2) is 18.9. The number of rotatable bonds is 16. The fraction of sp³-hybridized carbons (Fsp3) is 0.405. The first-order chi connectivity index (χ1) is 22.6. The van der Waals surface area contributed by atoms with Gasteiger partial charge in [0.2, 0.25) is 10.0 Å². The van der Waals surface area contributed by atoms with Crippen LogP contribution in [0, 0.1) is 0 Å². The molecule has 0 aliphatic carbocycles. The van der Waals surface area contributed by atoms with E-state index in [1.165, 1.54) is 10.6 Å². The Balaban J connectivity index is 0.000000573. The minimum atomic E-state index is -3.69. The molecule has 1 amide bonds. The van der Waals surface area contributed by atoms with Crippen molar-refractivity contribution in [3.63, 3.8) is 0 Å². The molecule has 3 aromatic carbocycles. The van der Waals surface area contributed by atoms with E-state index in [9.17, 15) is 13.2 Å². The molecular weight excluding hydrogens is 611 g/mol. The molecule has 0 aromatic heterocycles. The number of carbonyl (C=O) groups is 1. The van der Waals surface area contributed by atoms with Crippen LogP contribution in [0.5, 0.6) is 5.75 Å². The monoisotopic (exact) mass is 661 g/mol. The minimum Gasteiger partial charge on any atom is -0.493 e. The summed E-state index contributed by atoms with van der Waals surface area (Å²) in [5.74, 6) is 0.287. The standard InChI is InChI=1S/C29H40N4O4S.C8H11N/c1-5-8-9-12-17-31-38(35,36)25-15-16-28(37-18-6-2)24(19-25)21-33-29(34)26(22(4)32-33)20-30-27-14-11-10-13-23(27)7-3;1-2-7-5-3-4-6-8(7)9/h10-11,13-16,19-20,30-31H,5-9,12,17-18,21H2,1-4H3;3-6H,2,9H2,1H3/b26-20+;. The molecule has 1 aliphatic heterocycles. The van der Waals surface area contributed by atoms with Crippen molar-refractivity contribution < 1.29 is 17.9 Å². The molecule has 3 aromatic rings. The Labute approximate surface area is 281 Å². The van der Waals surface area contributed by atoms with Gasteiger partial charge in [-0.2, -0.15) is 5.10 Å². The molecule has 1 heterocycles. The van der Waals surface area contributed by atoms with Crippen molar-refractivity contribution in [3.05, 3.63) is 95.2 Å². The number of unbranched alkanes of at least 4 members (excludes halogenated alkanes) is 3. The van der Waals surface area contributed by atoms with Gasteiger partial charge in [0, 0.05) is 29.7 Å². The molecule has 47 heavy (non-hydrogen) atoms. The number of aryl methyl sites for hydroxylation is 2. The van der Waals surface area contributed by atoms with Crippen LogP contribution in [0.4, 0.5) is 11.4 Å². The van der Waals surface area contributed by atoms with Crippen LogP contribution in [0.15, 0.2) is 88.5 Å². The molecule has 0 bridgehead atoms. The maximum atomic E-state index is 13.3. The van der Waals surface area contributed by atoms with Crippen molar-refractivity contribution in [1.82, 2.24) is 9.73 Å². The number of nitrogens with one attached hydrogen (secondary N) is 2. The van der Waals surface area contributed by atoms with Gasteiger partial charge in [-0.15, -0.1) is 0 Å². The molecule has 0 atom stereocenters. The third kappa shape index (κ3) is 11.0. The summed E-state index contributed by atoms with van der Waals surface area (Å²) in [6.45, 7) is 11.1. The van der Waals surface area contributed by atoms with Crippen LogP contribution in [0.1, 0.15) is 83.4 Å². The number of nitrogens with zero attached hydrogens (tertiary/aromatic N) is 2. The van der Waals surface area contributed by atoms with Gasteiger partial charge < -0.3 is 15.8 Å². The number of nitrogens with two attached hydrogens (primary N) is 1. The van der Waals surface area contributed by atoms with E-state index in [1.54, 1.807) is 31.3 Å². The van der Waals surface area contributed by atoms with Gasteiger partial charge in [0.25, 0.3) is 5.91 Å². The Morgan fingerprint density at radius 1 is 0.872 bits per heavy atom. The van der Waals surface area contributed by atoms with Crippen molar-refractivity contribution >= 4 is 33.0 Å². The molecule has 254 valence electrons. The summed E-state index contributed by atoms with van der Waals surface area (Å²) >= 11 is 0. The maximum Gasteiger partial charge on any atom is 0.277 e. The van der Waals surface area contributed by atoms with E-state index in [-0.39, 0.29) is 17.3 Å². The summed E-state index contributed by atoms with van der Waals surface area (Å²) in [6.07, 6.45) is 8.32. The Morgan fingerprint density at radius 2 is 1.57 bits per heavy atom. The number of ether oxygens (including phenoxy) is 1. The normalized spacial score (nSPS) is 13.7. The third-order valence-electron chi connectivity index (χ3n) is 7.78. The molecule has 0 spiro atoms. The predicted molar refractivity (Wildman–Crippen MR) is 193 cm³/mol. The van der Waals surface area contributed by atoms with E-state index >= 15 is 0 Å². The molecule has 0 saturated carbocycles. The average molecular weight is 662 g/mol. The second-order valence-electron chi connectivity index (χ2n) is 11.4. The maximum absolute atomic E-state index is 13.3. The summed E-state index contributed by atoms with van der Waals surface area (Å²) in [5.41, 5.74) is 11.5. The molecule has 9 nitrogen and oxygen atoms in total. The molecule has 4 N–H and O–H groups in total. The highest BCUT2D eigenvalue weighted by molar-refractivity contribution is 7.89. The highest BCUT2D eigenvalue weighted by Gasteiger charge is 2.29. The molecule has 0 radical (unpaired) electrons. The summed E-state index contributed by atoms with van der Waals surface area (Å²) in [4.78, 5) is 13.4. The predicted octanol–water partition coefficient (Wildman–Crippen LogP) is 7.44. The summed E-state index contributed by atoms with van der Waals surface area (Å²) in [5, 5.41) is 9.07. The number of hydrazone groups is 1. The van der Waals surface area contributed by atoms with Crippen LogP contribution in [0.2, 0.25) is 0 Å². The summed E-state index contributed by atoms with van der Waals surface area (Å²) in [6, 6.07) is 20.7. The molecular formula is C37H51N5O4S. The quantitative estimate of drug-likeness (QED) is 0.0832. The van der Waals surface area contributed by atoms with Gasteiger partial charge in [-0.3, -0.25) is 4.79 Å². The number of para-hydroxylation sites is 2. The Morgan fingerprint density at radius 3 is 2.23 bits per heavy atom. The van der Waals surface area contributed by atoms with E-state index in [0.717, 1.165) is 61.9 Å². The zero-order valence-electron chi connectivity index (χ0n) is 28.5. The second-order valence-corrected chi connectivity index (χ2v) is 13.2. The van der Waals surface area contributed by atoms with Gasteiger partial charge in [0.15, 0.2) is 0 Å². The van der Waals surface area contributed by atoms with Crippen molar-refractivity contribution in [2.24, 2.45) is 5.10 Å². The van der Waals surface area contributed by atoms with Crippen LogP contribution >= 0.6 is 0 Å². The number of amides is 1. The lowest BCUT2D eigenvalue weighted by Gasteiger charge is -2.17.